The third kappa shape index (κ3) is 4.21. The second-order valence-corrected chi connectivity index (χ2v) is 3.17. The van der Waals surface area contributed by atoms with Crippen LogP contribution in [0.2, 0.25) is 0 Å². The molecule has 0 aliphatic carbocycles. The number of rotatable bonds is 0. The number of nitrogens with zero attached hydrogens (tertiary/aromatic N) is 1. The van der Waals surface area contributed by atoms with Crippen LogP contribution in [0.25, 0.3) is 0 Å². The van der Waals surface area contributed by atoms with Crippen LogP contribution in [0.4, 0.5) is 5.69 Å². The van der Waals surface area contributed by atoms with Crippen molar-refractivity contribution >= 4 is 5.69 Å². The van der Waals surface area contributed by atoms with Crippen LogP contribution in [0.5, 0.6) is 0 Å². The monoisotopic (exact) mass is 224 g/mol. The molecule has 0 fully saturated rings. The van der Waals surface area contributed by atoms with Gasteiger partial charge in [-0.1, -0.05) is 33.8 Å². The first-order chi connectivity index (χ1) is 7.75. The van der Waals surface area contributed by atoms with E-state index in [0.29, 0.717) is 6.54 Å². The van der Waals surface area contributed by atoms with Crippen LogP contribution in [0.3, 0.4) is 0 Å². The Bertz CT molecular complexity index is 300. The third-order valence-corrected chi connectivity index (χ3v) is 2.22. The molecule has 3 nitrogen and oxygen atoms in total. The summed E-state index contributed by atoms with van der Waals surface area (Å²) in [5.74, 6) is 0. The highest BCUT2D eigenvalue weighted by Gasteiger charge is 2.13. The molecular weight excluding hydrogens is 200 g/mol. The van der Waals surface area contributed by atoms with Gasteiger partial charge in [0.2, 0.25) is 0 Å². The number of benzene rings is 1. The van der Waals surface area contributed by atoms with Crippen molar-refractivity contribution in [3.8, 4) is 0 Å². The molecule has 0 unspecified atom stereocenters. The van der Waals surface area contributed by atoms with Gasteiger partial charge in [-0.05, 0) is 29.7 Å². The standard InChI is InChI=1S/C9H12N2O.2C2H6/c10-9-2-1-7-3-4-11(12)6-8(7)5-9;2*1-2/h1-2,5,12H,3-4,6,10H2;2*1-2H3. The predicted molar refractivity (Wildman–Crippen MR) is 69.5 cm³/mol. The van der Waals surface area contributed by atoms with Gasteiger partial charge in [0.05, 0.1) is 0 Å². The lowest BCUT2D eigenvalue weighted by molar-refractivity contribution is -0.103. The molecule has 1 aromatic carbocycles. The van der Waals surface area contributed by atoms with Crippen molar-refractivity contribution in [3.63, 3.8) is 0 Å². The number of nitrogens with two attached hydrogens (primary N) is 1. The first-order valence-electron chi connectivity index (χ1n) is 6.07. The molecule has 0 saturated heterocycles. The summed E-state index contributed by atoms with van der Waals surface area (Å²) in [6.45, 7) is 9.32. The highest BCUT2D eigenvalue weighted by atomic mass is 16.5. The van der Waals surface area contributed by atoms with Crippen LogP contribution in [0, 0.1) is 0 Å². The van der Waals surface area contributed by atoms with Gasteiger partial charge in [0.25, 0.3) is 0 Å². The van der Waals surface area contributed by atoms with Crippen LogP contribution < -0.4 is 5.73 Å². The van der Waals surface area contributed by atoms with E-state index in [4.69, 9.17) is 5.73 Å². The predicted octanol–water partition coefficient (Wildman–Crippen LogP) is 3.07. The van der Waals surface area contributed by atoms with E-state index in [1.807, 2.05) is 45.9 Å². The summed E-state index contributed by atoms with van der Waals surface area (Å²) < 4.78 is 0. The maximum Gasteiger partial charge on any atom is 0.0492 e. The molecule has 16 heavy (non-hydrogen) atoms. The minimum atomic E-state index is 0.598. The van der Waals surface area contributed by atoms with E-state index >= 15 is 0 Å². The lowest BCUT2D eigenvalue weighted by Gasteiger charge is -2.23. The van der Waals surface area contributed by atoms with E-state index in [2.05, 4.69) is 0 Å². The number of fused-ring (bicyclic) bond motifs is 1. The van der Waals surface area contributed by atoms with Gasteiger partial charge < -0.3 is 10.9 Å². The Balaban J connectivity index is 0.000000509. The molecule has 0 radical (unpaired) electrons. The number of nitrogen functional groups attached to an aromatic ring is 1. The Kier molecular flexibility index (Phi) is 7.60. The summed E-state index contributed by atoms with van der Waals surface area (Å²) in [5, 5.41) is 10.6. The van der Waals surface area contributed by atoms with E-state index in [9.17, 15) is 5.21 Å². The average Bonchev–Trinajstić information content (AvgIpc) is 2.33. The van der Waals surface area contributed by atoms with Crippen LogP contribution in [-0.2, 0) is 13.0 Å². The van der Waals surface area contributed by atoms with Crippen molar-refractivity contribution in [2.24, 2.45) is 0 Å². The largest absolute Gasteiger partial charge is 0.399 e. The van der Waals surface area contributed by atoms with Crippen LogP contribution in [-0.4, -0.2) is 16.8 Å². The zero-order chi connectivity index (χ0) is 12.6. The van der Waals surface area contributed by atoms with E-state index in [1.165, 1.54) is 10.6 Å². The molecule has 1 heterocycles. The Hall–Kier alpha value is -1.06. The first kappa shape index (κ1) is 14.9. The average molecular weight is 224 g/mol. The maximum atomic E-state index is 9.24. The van der Waals surface area contributed by atoms with Crippen LogP contribution in [0.15, 0.2) is 18.2 Å². The molecule has 92 valence electrons. The Labute approximate surface area is 98.8 Å². The topological polar surface area (TPSA) is 49.5 Å². The Morgan fingerprint density at radius 3 is 2.38 bits per heavy atom. The summed E-state index contributed by atoms with van der Waals surface area (Å²) in [6.07, 6.45) is 0.909. The van der Waals surface area contributed by atoms with Gasteiger partial charge in [0, 0.05) is 18.8 Å². The maximum absolute atomic E-state index is 9.24. The quantitative estimate of drug-likeness (QED) is 0.666. The number of anilines is 1. The normalized spacial score (nSPS) is 13.8. The van der Waals surface area contributed by atoms with Gasteiger partial charge >= 0.3 is 0 Å². The molecular formula is C13H24N2O. The van der Waals surface area contributed by atoms with Crippen molar-refractivity contribution in [3.05, 3.63) is 29.3 Å². The molecule has 1 aromatic rings. The summed E-state index contributed by atoms with van der Waals surface area (Å²) in [6, 6.07) is 5.88. The minimum Gasteiger partial charge on any atom is -0.399 e. The molecule has 3 N–H and O–H groups in total. The summed E-state index contributed by atoms with van der Waals surface area (Å²) in [4.78, 5) is 0. The fourth-order valence-corrected chi connectivity index (χ4v) is 1.56. The molecule has 2 rings (SSSR count). The zero-order valence-corrected chi connectivity index (χ0v) is 10.8. The van der Waals surface area contributed by atoms with E-state index in [1.54, 1.807) is 0 Å². The highest BCUT2D eigenvalue weighted by molar-refractivity contribution is 5.45. The van der Waals surface area contributed by atoms with Crippen LogP contribution >= 0.6 is 0 Å². The van der Waals surface area contributed by atoms with Crippen molar-refractivity contribution in [2.75, 3.05) is 12.3 Å². The fraction of sp³-hybridized carbons (Fsp3) is 0.538. The number of hydroxylamine groups is 2. The van der Waals surface area contributed by atoms with E-state index < -0.39 is 0 Å². The molecule has 1 aliphatic heterocycles. The highest BCUT2D eigenvalue weighted by Crippen LogP contribution is 2.19. The van der Waals surface area contributed by atoms with E-state index in [0.717, 1.165) is 24.2 Å². The van der Waals surface area contributed by atoms with Gasteiger partial charge in [-0.3, -0.25) is 0 Å². The van der Waals surface area contributed by atoms with Crippen LogP contribution in [0.1, 0.15) is 38.8 Å². The molecule has 1 aliphatic rings. The second kappa shape index (κ2) is 8.13. The van der Waals surface area contributed by atoms with E-state index in [-0.39, 0.29) is 0 Å². The summed E-state index contributed by atoms with van der Waals surface area (Å²) in [5.41, 5.74) is 8.84. The smallest absolute Gasteiger partial charge is 0.0492 e. The first-order valence-corrected chi connectivity index (χ1v) is 6.07. The van der Waals surface area contributed by atoms with Crippen molar-refractivity contribution < 1.29 is 5.21 Å². The zero-order valence-electron chi connectivity index (χ0n) is 10.8. The van der Waals surface area contributed by atoms with Crippen molar-refractivity contribution in [2.45, 2.75) is 40.7 Å². The SMILES string of the molecule is CC.CC.Nc1ccc2c(c1)CN(O)CC2. The molecule has 0 spiro atoms. The summed E-state index contributed by atoms with van der Waals surface area (Å²) in [7, 11) is 0. The molecule has 0 atom stereocenters. The number of hydrogen-bond acceptors (Lipinski definition) is 3. The molecule has 0 amide bonds. The number of hydrogen-bond donors (Lipinski definition) is 2. The lowest BCUT2D eigenvalue weighted by atomic mass is 10.0. The molecule has 0 saturated carbocycles. The third-order valence-electron chi connectivity index (χ3n) is 2.22. The Morgan fingerprint density at radius 2 is 1.75 bits per heavy atom. The Morgan fingerprint density at radius 1 is 1.12 bits per heavy atom. The van der Waals surface area contributed by atoms with Gasteiger partial charge in [0.1, 0.15) is 0 Å². The van der Waals surface area contributed by atoms with Gasteiger partial charge in [-0.25, -0.2) is 0 Å². The fourth-order valence-electron chi connectivity index (χ4n) is 1.56. The van der Waals surface area contributed by atoms with Crippen molar-refractivity contribution in [1.82, 2.24) is 5.06 Å². The summed E-state index contributed by atoms with van der Waals surface area (Å²) >= 11 is 0. The molecule has 0 aromatic heterocycles. The lowest BCUT2D eigenvalue weighted by Crippen LogP contribution is -2.27. The molecule has 0 bridgehead atoms. The van der Waals surface area contributed by atoms with Gasteiger partial charge in [0.15, 0.2) is 0 Å². The molecule has 3 heteroatoms. The van der Waals surface area contributed by atoms with Gasteiger partial charge in [-0.15, -0.1) is 0 Å². The minimum absolute atomic E-state index is 0.598. The van der Waals surface area contributed by atoms with Crippen molar-refractivity contribution in [1.29, 1.82) is 0 Å². The van der Waals surface area contributed by atoms with Gasteiger partial charge in [-0.2, -0.15) is 5.06 Å². The second-order valence-electron chi connectivity index (χ2n) is 3.17.